The van der Waals surface area contributed by atoms with E-state index in [1.807, 2.05) is 0 Å². The van der Waals surface area contributed by atoms with Gasteiger partial charge in [-0.25, -0.2) is 0 Å². The Morgan fingerprint density at radius 2 is 1.23 bits per heavy atom. The minimum absolute atomic E-state index is 0.114. The van der Waals surface area contributed by atoms with Gasteiger partial charge in [0.2, 0.25) is 0 Å². The van der Waals surface area contributed by atoms with Crippen molar-refractivity contribution in [3.8, 4) is 0 Å². The van der Waals surface area contributed by atoms with Crippen LogP contribution >= 0.6 is 0 Å². The van der Waals surface area contributed by atoms with Crippen molar-refractivity contribution in [2.24, 2.45) is 0 Å². The summed E-state index contributed by atoms with van der Waals surface area (Å²) < 4.78 is 13.4. The molecule has 0 rings (SSSR count). The third kappa shape index (κ3) is 8.41. The Bertz CT molecular complexity index is 464. The van der Waals surface area contributed by atoms with E-state index in [4.69, 9.17) is 8.85 Å². The molecule has 1 atom stereocenters. The highest BCUT2D eigenvalue weighted by atomic mass is 28.4. The summed E-state index contributed by atoms with van der Waals surface area (Å²) >= 11 is 0. The summed E-state index contributed by atoms with van der Waals surface area (Å²) in [6, 6.07) is 0. The van der Waals surface area contributed by atoms with Gasteiger partial charge in [-0.05, 0) is 76.3 Å². The Kier molecular flexibility index (Phi) is 9.09. The van der Waals surface area contributed by atoms with Gasteiger partial charge >= 0.3 is 0 Å². The molecule has 0 saturated carbocycles. The van der Waals surface area contributed by atoms with Crippen molar-refractivity contribution in [1.82, 2.24) is 0 Å². The van der Waals surface area contributed by atoms with Crippen LogP contribution in [-0.4, -0.2) is 28.8 Å². The highest BCUT2D eigenvalue weighted by Gasteiger charge is 2.43. The third-order valence-corrected chi connectivity index (χ3v) is 15.6. The smallest absolute Gasteiger partial charge is 0.192 e. The SMILES string of the molecule is CC(C)=CCC[C@@](C)(CCO[Si](C)(C)C(C)(C)C)O[Si](C)(C)C(C)(C)C. The lowest BCUT2D eigenvalue weighted by Gasteiger charge is -2.45. The average Bonchev–Trinajstić information content (AvgIpc) is 2.34. The van der Waals surface area contributed by atoms with Crippen LogP contribution in [0.3, 0.4) is 0 Å². The normalized spacial score (nSPS) is 16.3. The zero-order chi connectivity index (χ0) is 21.0. The van der Waals surface area contributed by atoms with Crippen molar-refractivity contribution >= 4 is 16.6 Å². The molecule has 0 aromatic rings. The highest BCUT2D eigenvalue weighted by Crippen LogP contribution is 2.42. The van der Waals surface area contributed by atoms with E-state index < -0.39 is 16.6 Å². The average molecular weight is 401 g/mol. The van der Waals surface area contributed by atoms with Crippen LogP contribution in [0.4, 0.5) is 0 Å². The molecule has 0 fully saturated rings. The Balaban J connectivity index is 5.19. The van der Waals surface area contributed by atoms with E-state index in [2.05, 4.69) is 94.6 Å². The van der Waals surface area contributed by atoms with Crippen LogP contribution in [0.15, 0.2) is 11.6 Å². The van der Waals surface area contributed by atoms with Crippen LogP contribution < -0.4 is 0 Å². The van der Waals surface area contributed by atoms with Crippen molar-refractivity contribution < 1.29 is 8.85 Å². The summed E-state index contributed by atoms with van der Waals surface area (Å²) in [6.07, 6.45) is 5.45. The van der Waals surface area contributed by atoms with Gasteiger partial charge in [0.25, 0.3) is 0 Å². The third-order valence-electron chi connectivity index (χ3n) is 6.43. The first-order chi connectivity index (χ1) is 11.3. The second-order valence-electron chi connectivity index (χ2n) is 11.5. The van der Waals surface area contributed by atoms with E-state index in [1.54, 1.807) is 0 Å². The summed E-state index contributed by atoms with van der Waals surface area (Å²) in [5.41, 5.74) is 1.27. The zero-order valence-electron chi connectivity index (χ0n) is 20.2. The fourth-order valence-electron chi connectivity index (χ4n) is 2.40. The van der Waals surface area contributed by atoms with Crippen LogP contribution in [-0.2, 0) is 8.85 Å². The number of rotatable bonds is 9. The highest BCUT2D eigenvalue weighted by molar-refractivity contribution is 6.74. The Morgan fingerprint density at radius 1 is 0.769 bits per heavy atom. The van der Waals surface area contributed by atoms with Crippen molar-refractivity contribution in [2.45, 2.75) is 123 Å². The lowest BCUT2D eigenvalue weighted by Crippen LogP contribution is -2.49. The van der Waals surface area contributed by atoms with Crippen LogP contribution in [0, 0.1) is 0 Å². The number of allylic oxidation sites excluding steroid dienone is 2. The predicted molar refractivity (Wildman–Crippen MR) is 123 cm³/mol. The molecule has 0 spiro atoms. The molecule has 26 heavy (non-hydrogen) atoms. The van der Waals surface area contributed by atoms with E-state index in [-0.39, 0.29) is 15.7 Å². The van der Waals surface area contributed by atoms with E-state index in [9.17, 15) is 0 Å². The first-order valence-corrected chi connectivity index (χ1v) is 16.1. The van der Waals surface area contributed by atoms with Gasteiger partial charge in [0.05, 0.1) is 5.60 Å². The Labute approximate surface area is 167 Å². The Morgan fingerprint density at radius 3 is 1.62 bits per heavy atom. The molecule has 2 nitrogen and oxygen atoms in total. The summed E-state index contributed by atoms with van der Waals surface area (Å²) in [7, 11) is -3.52. The molecule has 0 N–H and O–H groups in total. The van der Waals surface area contributed by atoms with Gasteiger partial charge in [0, 0.05) is 6.61 Å². The topological polar surface area (TPSA) is 18.5 Å². The zero-order valence-corrected chi connectivity index (χ0v) is 22.2. The number of hydrogen-bond acceptors (Lipinski definition) is 2. The fourth-order valence-corrected chi connectivity index (χ4v) is 5.19. The van der Waals surface area contributed by atoms with Crippen molar-refractivity contribution in [2.75, 3.05) is 6.61 Å². The molecule has 4 heteroatoms. The molecular formula is C22H48O2Si2. The number of hydrogen-bond donors (Lipinski definition) is 0. The second kappa shape index (κ2) is 9.06. The lowest BCUT2D eigenvalue weighted by molar-refractivity contribution is 0.0393. The monoisotopic (exact) mass is 400 g/mol. The Hall–Kier alpha value is 0.0938. The standard InChI is InChI=1S/C22H48O2Si2/c1-19(2)15-14-16-22(9,24-26(12,13)21(6,7)8)17-18-23-25(10,11)20(3,4)5/h15H,14,16-18H2,1-13H3/t22-/m0/s1. The maximum Gasteiger partial charge on any atom is 0.192 e. The quantitative estimate of drug-likeness (QED) is 0.289. The van der Waals surface area contributed by atoms with Crippen LogP contribution in [0.25, 0.3) is 0 Å². The van der Waals surface area contributed by atoms with Gasteiger partial charge in [0.1, 0.15) is 0 Å². The largest absolute Gasteiger partial charge is 0.417 e. The van der Waals surface area contributed by atoms with E-state index in [1.165, 1.54) is 5.57 Å². The first-order valence-electron chi connectivity index (χ1n) is 10.3. The van der Waals surface area contributed by atoms with Gasteiger partial charge in [0.15, 0.2) is 16.6 Å². The molecule has 0 aromatic heterocycles. The van der Waals surface area contributed by atoms with Crippen molar-refractivity contribution in [1.29, 1.82) is 0 Å². The second-order valence-corrected chi connectivity index (χ2v) is 21.0. The molecule has 0 saturated heterocycles. The molecule has 0 aliphatic rings. The van der Waals surface area contributed by atoms with Gasteiger partial charge in [-0.3, -0.25) is 0 Å². The van der Waals surface area contributed by atoms with Crippen molar-refractivity contribution in [3.05, 3.63) is 11.6 Å². The minimum atomic E-state index is -1.81. The summed E-state index contributed by atoms with van der Waals surface area (Å²) in [4.78, 5) is 0. The molecule has 0 aromatic carbocycles. The summed E-state index contributed by atoms with van der Waals surface area (Å²) in [5, 5.41) is 0.483. The molecule has 0 heterocycles. The molecule has 0 bridgehead atoms. The van der Waals surface area contributed by atoms with Crippen LogP contribution in [0.5, 0.6) is 0 Å². The van der Waals surface area contributed by atoms with Gasteiger partial charge in [-0.15, -0.1) is 0 Å². The molecule has 0 radical (unpaired) electrons. The molecule has 0 aliphatic heterocycles. The maximum absolute atomic E-state index is 6.92. The summed E-state index contributed by atoms with van der Waals surface area (Å²) in [5.74, 6) is 0. The molecule has 0 aliphatic carbocycles. The van der Waals surface area contributed by atoms with Gasteiger partial charge < -0.3 is 8.85 Å². The van der Waals surface area contributed by atoms with E-state index >= 15 is 0 Å². The van der Waals surface area contributed by atoms with Crippen LogP contribution in [0.1, 0.15) is 81.6 Å². The fraction of sp³-hybridized carbons (Fsp3) is 0.909. The van der Waals surface area contributed by atoms with Crippen molar-refractivity contribution in [3.63, 3.8) is 0 Å². The van der Waals surface area contributed by atoms with E-state index in [0.29, 0.717) is 0 Å². The van der Waals surface area contributed by atoms with Crippen LogP contribution in [0.2, 0.25) is 36.3 Å². The summed E-state index contributed by atoms with van der Waals surface area (Å²) in [6.45, 7) is 30.7. The minimum Gasteiger partial charge on any atom is -0.417 e. The van der Waals surface area contributed by atoms with Gasteiger partial charge in [-0.1, -0.05) is 53.2 Å². The molecular weight excluding hydrogens is 352 g/mol. The first kappa shape index (κ1) is 26.1. The maximum atomic E-state index is 6.92. The molecule has 0 amide bonds. The predicted octanol–water partition coefficient (Wildman–Crippen LogP) is 7.93. The molecule has 0 unspecified atom stereocenters. The van der Waals surface area contributed by atoms with E-state index in [0.717, 1.165) is 25.9 Å². The molecule has 156 valence electrons. The van der Waals surface area contributed by atoms with Gasteiger partial charge in [-0.2, -0.15) is 0 Å². The lowest BCUT2D eigenvalue weighted by atomic mass is 9.96.